The maximum Gasteiger partial charge on any atom is 0.145 e. The molecule has 0 amide bonds. The molecular weight excluding hydrogens is 597 g/mol. The van der Waals surface area contributed by atoms with Crippen LogP contribution in [0.3, 0.4) is 0 Å². The summed E-state index contributed by atoms with van der Waals surface area (Å²) in [6, 6.07) is 40.8. The first-order chi connectivity index (χ1) is 23.0. The first kappa shape index (κ1) is 26.6. The second-order valence-corrected chi connectivity index (χ2v) is 13.8. The number of para-hydroxylation sites is 1. The summed E-state index contributed by atoms with van der Waals surface area (Å²) in [7, 11) is 0. The summed E-state index contributed by atoms with van der Waals surface area (Å²) in [5, 5.41) is 5.78. The predicted octanol–water partition coefficient (Wildman–Crippen LogP) is 10.7. The zero-order chi connectivity index (χ0) is 31.3. The molecule has 0 N–H and O–H groups in total. The van der Waals surface area contributed by atoms with Crippen LogP contribution in [0.25, 0.3) is 54.9 Å². The summed E-state index contributed by atoms with van der Waals surface area (Å²) < 4.78 is 11.0. The number of hydrogen-bond acceptors (Lipinski definition) is 4. The quantitative estimate of drug-likeness (QED) is 0.184. The van der Waals surface area contributed by atoms with Crippen molar-refractivity contribution in [2.24, 2.45) is 0 Å². The van der Waals surface area contributed by atoms with Crippen LogP contribution in [0.1, 0.15) is 25.0 Å². The van der Waals surface area contributed by atoms with Gasteiger partial charge in [-0.15, -0.1) is 0 Å². The Balaban J connectivity index is 1.15. The smallest absolute Gasteiger partial charge is 0.145 e. The van der Waals surface area contributed by atoms with Crippen LogP contribution in [0.4, 0.5) is 0 Å². The molecule has 5 nitrogen and oxygen atoms in total. The van der Waals surface area contributed by atoms with Crippen LogP contribution in [0.15, 0.2) is 144 Å². The number of pyridine rings is 2. The Morgan fingerprint density at radius 3 is 2.23 bits per heavy atom. The van der Waals surface area contributed by atoms with Crippen molar-refractivity contribution in [3.05, 3.63) is 145 Å². The standard InChI is InChI=1S/C41H28N4OS/c1-41(2)32-10-4-6-12-37(32)47-38-23-30-29-17-15-26(22-35(29)45(36(30)24-33(38)41)39-13-7-8-18-42-39)46-25-14-16-27-28-9-3-5-11-34(28)44-20-19-43-40(44)31(27)21-25/h3-24H,1-2H3. The zero-order valence-corrected chi connectivity index (χ0v) is 26.6. The molecule has 1 aliphatic heterocycles. The number of benzene rings is 5. The molecule has 9 aromatic rings. The van der Waals surface area contributed by atoms with Gasteiger partial charge in [0.25, 0.3) is 0 Å². The van der Waals surface area contributed by atoms with Crippen LogP contribution in [-0.2, 0) is 5.41 Å². The van der Waals surface area contributed by atoms with Gasteiger partial charge in [-0.2, -0.15) is 0 Å². The van der Waals surface area contributed by atoms with Crippen molar-refractivity contribution in [3.63, 3.8) is 0 Å². The third-order valence-electron chi connectivity index (χ3n) is 9.73. The van der Waals surface area contributed by atoms with Crippen molar-refractivity contribution in [2.75, 3.05) is 0 Å². The second-order valence-electron chi connectivity index (χ2n) is 12.7. The molecule has 5 aromatic carbocycles. The molecular formula is C41H28N4OS. The molecule has 0 saturated heterocycles. The number of hydrogen-bond donors (Lipinski definition) is 0. The SMILES string of the molecule is CC1(C)c2ccccc2Sc2cc3c4ccc(Oc5ccc6c7ccccc7n7ccnc7c6c5)cc4n(-c4ccccn4)c3cc21. The number of fused-ring (bicyclic) bond motifs is 11. The maximum atomic E-state index is 6.62. The Morgan fingerprint density at radius 1 is 0.574 bits per heavy atom. The zero-order valence-electron chi connectivity index (χ0n) is 25.8. The lowest BCUT2D eigenvalue weighted by molar-refractivity contribution is 0.484. The average Bonchev–Trinajstić information content (AvgIpc) is 3.72. The molecule has 5 heterocycles. The van der Waals surface area contributed by atoms with E-state index in [4.69, 9.17) is 14.7 Å². The number of aromatic nitrogens is 4. The Morgan fingerprint density at radius 2 is 1.34 bits per heavy atom. The van der Waals surface area contributed by atoms with Gasteiger partial charge in [0.1, 0.15) is 23.0 Å². The molecule has 10 rings (SSSR count). The summed E-state index contributed by atoms with van der Waals surface area (Å²) in [5.41, 5.74) is 6.82. The third-order valence-corrected chi connectivity index (χ3v) is 10.9. The number of rotatable bonds is 3. The lowest BCUT2D eigenvalue weighted by atomic mass is 9.77. The van der Waals surface area contributed by atoms with Gasteiger partial charge in [-0.25, -0.2) is 9.97 Å². The molecule has 0 bridgehead atoms. The summed E-state index contributed by atoms with van der Waals surface area (Å²) in [6.07, 6.45) is 5.73. The van der Waals surface area contributed by atoms with Crippen LogP contribution in [0.2, 0.25) is 0 Å². The third kappa shape index (κ3) is 3.85. The van der Waals surface area contributed by atoms with E-state index in [1.165, 1.54) is 37.1 Å². The monoisotopic (exact) mass is 624 g/mol. The molecule has 4 aromatic heterocycles. The van der Waals surface area contributed by atoms with Crippen LogP contribution < -0.4 is 4.74 Å². The highest BCUT2D eigenvalue weighted by atomic mass is 32.2. The molecule has 0 saturated carbocycles. The van der Waals surface area contributed by atoms with Gasteiger partial charge in [-0.1, -0.05) is 68.1 Å². The van der Waals surface area contributed by atoms with E-state index in [2.05, 4.69) is 126 Å². The Kier molecular flexibility index (Phi) is 5.50. The number of nitrogens with zero attached hydrogens (tertiary/aromatic N) is 4. The van der Waals surface area contributed by atoms with Crippen LogP contribution in [0, 0.1) is 0 Å². The van der Waals surface area contributed by atoms with E-state index < -0.39 is 0 Å². The summed E-state index contributed by atoms with van der Waals surface area (Å²) in [5.74, 6) is 2.42. The highest BCUT2D eigenvalue weighted by Crippen LogP contribution is 2.51. The topological polar surface area (TPSA) is 44.4 Å². The molecule has 0 fully saturated rings. The minimum atomic E-state index is -0.132. The van der Waals surface area contributed by atoms with Gasteiger partial charge in [-0.3, -0.25) is 8.97 Å². The fourth-order valence-electron chi connectivity index (χ4n) is 7.48. The number of imidazole rings is 1. The molecule has 0 unspecified atom stereocenters. The largest absolute Gasteiger partial charge is 0.457 e. The lowest BCUT2D eigenvalue weighted by Gasteiger charge is -2.34. The molecule has 0 aliphatic carbocycles. The Hall–Kier alpha value is -5.59. The van der Waals surface area contributed by atoms with Crippen molar-refractivity contribution < 1.29 is 4.74 Å². The molecule has 6 heteroatoms. The minimum Gasteiger partial charge on any atom is -0.457 e. The highest BCUT2D eigenvalue weighted by Gasteiger charge is 2.34. The Bertz CT molecular complexity index is 2720. The van der Waals surface area contributed by atoms with E-state index in [9.17, 15) is 0 Å². The summed E-state index contributed by atoms with van der Waals surface area (Å²) in [6.45, 7) is 4.67. The van der Waals surface area contributed by atoms with E-state index >= 15 is 0 Å². The minimum absolute atomic E-state index is 0.132. The normalized spacial score (nSPS) is 13.8. The van der Waals surface area contributed by atoms with Crippen molar-refractivity contribution in [2.45, 2.75) is 29.1 Å². The second kappa shape index (κ2) is 9.71. The van der Waals surface area contributed by atoms with Crippen molar-refractivity contribution in [1.29, 1.82) is 0 Å². The van der Waals surface area contributed by atoms with E-state index in [1.54, 1.807) is 0 Å². The first-order valence-electron chi connectivity index (χ1n) is 15.8. The van der Waals surface area contributed by atoms with E-state index in [-0.39, 0.29) is 5.41 Å². The van der Waals surface area contributed by atoms with E-state index in [1.807, 2.05) is 42.5 Å². The van der Waals surface area contributed by atoms with Gasteiger partial charge < -0.3 is 4.74 Å². The summed E-state index contributed by atoms with van der Waals surface area (Å²) >= 11 is 1.86. The molecule has 1 aliphatic rings. The predicted molar refractivity (Wildman–Crippen MR) is 192 cm³/mol. The van der Waals surface area contributed by atoms with Gasteiger partial charge in [0.15, 0.2) is 0 Å². The number of ether oxygens (including phenoxy) is 1. The first-order valence-corrected chi connectivity index (χ1v) is 16.6. The van der Waals surface area contributed by atoms with Crippen LogP contribution >= 0.6 is 11.8 Å². The molecule has 47 heavy (non-hydrogen) atoms. The van der Waals surface area contributed by atoms with Gasteiger partial charge in [0.05, 0.1) is 16.6 Å². The molecule has 0 spiro atoms. The maximum absolute atomic E-state index is 6.62. The van der Waals surface area contributed by atoms with Gasteiger partial charge in [0.2, 0.25) is 0 Å². The summed E-state index contributed by atoms with van der Waals surface area (Å²) in [4.78, 5) is 12.1. The molecule has 0 radical (unpaired) electrons. The van der Waals surface area contributed by atoms with E-state index in [0.29, 0.717) is 0 Å². The van der Waals surface area contributed by atoms with Gasteiger partial charge in [-0.05, 0) is 83.2 Å². The van der Waals surface area contributed by atoms with Crippen molar-refractivity contribution in [3.8, 4) is 17.3 Å². The average molecular weight is 625 g/mol. The van der Waals surface area contributed by atoms with Crippen LogP contribution in [-0.4, -0.2) is 18.9 Å². The molecule has 0 atom stereocenters. The molecule has 224 valence electrons. The Labute approximate surface area is 275 Å². The fourth-order valence-corrected chi connectivity index (χ4v) is 8.90. The van der Waals surface area contributed by atoms with Crippen LogP contribution in [0.5, 0.6) is 11.5 Å². The van der Waals surface area contributed by atoms with Crippen molar-refractivity contribution in [1.82, 2.24) is 18.9 Å². The van der Waals surface area contributed by atoms with Gasteiger partial charge >= 0.3 is 0 Å². The van der Waals surface area contributed by atoms with Crippen molar-refractivity contribution >= 4 is 60.9 Å². The highest BCUT2D eigenvalue weighted by molar-refractivity contribution is 7.99. The lowest BCUT2D eigenvalue weighted by Crippen LogP contribution is -2.23. The van der Waals surface area contributed by atoms with E-state index in [0.717, 1.165) is 50.3 Å². The fraction of sp³-hybridized carbons (Fsp3) is 0.0732. The van der Waals surface area contributed by atoms with Gasteiger partial charge in [0, 0.05) is 61.4 Å².